The standard InChI is InChI=1S/C18H17BN2/c1-14-12-16(15-6-9-20-10-7-15)8-11-21(14)13-17-4-2-3-5-18(17)19/h2-12,14H,13H2,1H3. The molecular formula is C18H17BN2. The molecule has 3 heteroatoms. The van der Waals surface area contributed by atoms with Crippen LogP contribution in [0.15, 0.2) is 67.1 Å². The summed E-state index contributed by atoms with van der Waals surface area (Å²) in [6.07, 6.45) is 10.2. The molecule has 21 heavy (non-hydrogen) atoms. The minimum absolute atomic E-state index is 0.331. The molecule has 0 bridgehead atoms. The number of hydrogen-bond donors (Lipinski definition) is 0. The van der Waals surface area contributed by atoms with E-state index in [0.717, 1.165) is 17.6 Å². The Hall–Kier alpha value is -2.29. The molecule has 3 rings (SSSR count). The monoisotopic (exact) mass is 272 g/mol. The summed E-state index contributed by atoms with van der Waals surface area (Å²) in [4.78, 5) is 6.35. The average molecular weight is 272 g/mol. The third-order valence-electron chi connectivity index (χ3n) is 3.81. The van der Waals surface area contributed by atoms with Crippen LogP contribution in [0.1, 0.15) is 18.1 Å². The van der Waals surface area contributed by atoms with Gasteiger partial charge < -0.3 is 4.90 Å². The third-order valence-corrected chi connectivity index (χ3v) is 3.81. The predicted molar refractivity (Wildman–Crippen MR) is 88.2 cm³/mol. The van der Waals surface area contributed by atoms with Crippen LogP contribution in [0.25, 0.3) is 5.57 Å². The molecule has 1 aromatic heterocycles. The summed E-state index contributed by atoms with van der Waals surface area (Å²) in [7, 11) is 6.03. The predicted octanol–water partition coefficient (Wildman–Crippen LogP) is 2.68. The number of pyridine rings is 1. The molecular weight excluding hydrogens is 255 g/mol. The zero-order valence-corrected chi connectivity index (χ0v) is 12.1. The van der Waals surface area contributed by atoms with E-state index in [0.29, 0.717) is 6.04 Å². The Morgan fingerprint density at radius 2 is 1.90 bits per heavy atom. The van der Waals surface area contributed by atoms with Crippen LogP contribution in [-0.2, 0) is 6.54 Å². The lowest BCUT2D eigenvalue weighted by molar-refractivity contribution is 0.327. The smallest absolute Gasteiger partial charge is 0.114 e. The maximum atomic E-state index is 6.03. The summed E-state index contributed by atoms with van der Waals surface area (Å²) in [5.41, 5.74) is 4.45. The Bertz CT molecular complexity index is 677. The van der Waals surface area contributed by atoms with Crippen LogP contribution in [0.2, 0.25) is 0 Å². The Kier molecular flexibility index (Phi) is 3.91. The number of nitrogens with zero attached hydrogens (tertiary/aromatic N) is 2. The summed E-state index contributed by atoms with van der Waals surface area (Å²) in [6, 6.07) is 12.4. The van der Waals surface area contributed by atoms with Gasteiger partial charge in [-0.05, 0) is 41.8 Å². The fourth-order valence-electron chi connectivity index (χ4n) is 2.53. The molecule has 1 unspecified atom stereocenters. The van der Waals surface area contributed by atoms with Gasteiger partial charge in [-0.15, -0.1) is 0 Å². The molecule has 102 valence electrons. The summed E-state index contributed by atoms with van der Waals surface area (Å²) in [5.74, 6) is 0. The molecule has 0 saturated carbocycles. The second-order valence-electron chi connectivity index (χ2n) is 5.29. The fourth-order valence-corrected chi connectivity index (χ4v) is 2.53. The first-order valence-electron chi connectivity index (χ1n) is 7.13. The SMILES string of the molecule is [B]c1ccccc1CN1C=CC(c2ccncc2)=CC1C. The van der Waals surface area contributed by atoms with Gasteiger partial charge in [0.1, 0.15) is 7.85 Å². The van der Waals surface area contributed by atoms with Gasteiger partial charge in [0.05, 0.1) is 0 Å². The van der Waals surface area contributed by atoms with Crippen molar-refractivity contribution in [2.75, 3.05) is 0 Å². The molecule has 0 saturated heterocycles. The van der Waals surface area contributed by atoms with Crippen molar-refractivity contribution in [1.29, 1.82) is 0 Å². The highest BCUT2D eigenvalue weighted by atomic mass is 15.1. The van der Waals surface area contributed by atoms with Gasteiger partial charge in [0.25, 0.3) is 0 Å². The van der Waals surface area contributed by atoms with Gasteiger partial charge in [-0.2, -0.15) is 0 Å². The molecule has 0 amide bonds. The number of allylic oxidation sites excluding steroid dienone is 2. The van der Waals surface area contributed by atoms with Gasteiger partial charge in [-0.3, -0.25) is 4.98 Å². The maximum absolute atomic E-state index is 6.03. The van der Waals surface area contributed by atoms with Crippen molar-refractivity contribution in [3.8, 4) is 0 Å². The van der Waals surface area contributed by atoms with Crippen molar-refractivity contribution in [3.63, 3.8) is 0 Å². The lowest BCUT2D eigenvalue weighted by Gasteiger charge is -2.30. The largest absolute Gasteiger partial charge is 0.367 e. The Morgan fingerprint density at radius 3 is 2.62 bits per heavy atom. The van der Waals surface area contributed by atoms with E-state index in [2.05, 4.69) is 41.2 Å². The highest BCUT2D eigenvalue weighted by molar-refractivity contribution is 6.33. The molecule has 2 radical (unpaired) electrons. The topological polar surface area (TPSA) is 16.1 Å². The first-order chi connectivity index (χ1) is 10.2. The van der Waals surface area contributed by atoms with E-state index in [1.165, 1.54) is 11.1 Å². The molecule has 2 heterocycles. The second kappa shape index (κ2) is 6.00. The number of hydrogen-bond acceptors (Lipinski definition) is 2. The highest BCUT2D eigenvalue weighted by Gasteiger charge is 2.14. The van der Waals surface area contributed by atoms with Crippen molar-refractivity contribution in [2.24, 2.45) is 0 Å². The fraction of sp³-hybridized carbons (Fsp3) is 0.167. The van der Waals surface area contributed by atoms with Crippen LogP contribution in [0.3, 0.4) is 0 Å². The molecule has 2 nitrogen and oxygen atoms in total. The van der Waals surface area contributed by atoms with Crippen LogP contribution in [0.5, 0.6) is 0 Å². The molecule has 2 aromatic rings. The normalized spacial score (nSPS) is 17.7. The van der Waals surface area contributed by atoms with Crippen LogP contribution in [0, 0.1) is 0 Å². The first-order valence-corrected chi connectivity index (χ1v) is 7.13. The molecule has 1 atom stereocenters. The minimum atomic E-state index is 0.331. The molecule has 0 aliphatic carbocycles. The average Bonchev–Trinajstić information content (AvgIpc) is 2.52. The third kappa shape index (κ3) is 3.08. The van der Waals surface area contributed by atoms with Gasteiger partial charge in [0.15, 0.2) is 0 Å². The Labute approximate surface area is 127 Å². The molecule has 1 aliphatic rings. The zero-order valence-electron chi connectivity index (χ0n) is 12.1. The van der Waals surface area contributed by atoms with Crippen LogP contribution in [-0.4, -0.2) is 23.8 Å². The summed E-state index contributed by atoms with van der Waals surface area (Å²) < 4.78 is 0. The summed E-state index contributed by atoms with van der Waals surface area (Å²) in [6.45, 7) is 3.02. The Morgan fingerprint density at radius 1 is 1.14 bits per heavy atom. The quantitative estimate of drug-likeness (QED) is 0.799. The van der Waals surface area contributed by atoms with E-state index in [9.17, 15) is 0 Å². The van der Waals surface area contributed by atoms with Gasteiger partial charge in [-0.25, -0.2) is 0 Å². The van der Waals surface area contributed by atoms with Crippen molar-refractivity contribution < 1.29 is 0 Å². The number of rotatable bonds is 3. The molecule has 1 aliphatic heterocycles. The number of aromatic nitrogens is 1. The van der Waals surface area contributed by atoms with E-state index in [1.807, 2.05) is 42.7 Å². The van der Waals surface area contributed by atoms with E-state index in [-0.39, 0.29) is 0 Å². The first kappa shape index (κ1) is 13.7. The van der Waals surface area contributed by atoms with Crippen LogP contribution in [0.4, 0.5) is 0 Å². The highest BCUT2D eigenvalue weighted by Crippen LogP contribution is 2.23. The lowest BCUT2D eigenvalue weighted by atomic mass is 9.90. The van der Waals surface area contributed by atoms with E-state index in [4.69, 9.17) is 7.85 Å². The van der Waals surface area contributed by atoms with Crippen LogP contribution < -0.4 is 5.46 Å². The van der Waals surface area contributed by atoms with Crippen molar-refractivity contribution in [1.82, 2.24) is 9.88 Å². The zero-order chi connectivity index (χ0) is 14.7. The van der Waals surface area contributed by atoms with E-state index in [1.54, 1.807) is 0 Å². The maximum Gasteiger partial charge on any atom is 0.114 e. The summed E-state index contributed by atoms with van der Waals surface area (Å²) in [5, 5.41) is 0. The van der Waals surface area contributed by atoms with E-state index < -0.39 is 0 Å². The van der Waals surface area contributed by atoms with Gasteiger partial charge in [-0.1, -0.05) is 35.8 Å². The van der Waals surface area contributed by atoms with Crippen LogP contribution >= 0.6 is 0 Å². The summed E-state index contributed by atoms with van der Waals surface area (Å²) >= 11 is 0. The number of benzene rings is 1. The molecule has 1 aromatic carbocycles. The van der Waals surface area contributed by atoms with Crippen molar-refractivity contribution >= 4 is 18.9 Å². The van der Waals surface area contributed by atoms with Gasteiger partial charge in [0.2, 0.25) is 0 Å². The molecule has 0 N–H and O–H groups in total. The minimum Gasteiger partial charge on any atom is -0.367 e. The van der Waals surface area contributed by atoms with Crippen molar-refractivity contribution in [2.45, 2.75) is 19.5 Å². The Balaban J connectivity index is 1.77. The van der Waals surface area contributed by atoms with Gasteiger partial charge in [0, 0.05) is 31.2 Å². The van der Waals surface area contributed by atoms with Gasteiger partial charge >= 0.3 is 0 Å². The lowest BCUT2D eigenvalue weighted by Crippen LogP contribution is -2.30. The van der Waals surface area contributed by atoms with E-state index >= 15 is 0 Å². The molecule has 0 fully saturated rings. The second-order valence-corrected chi connectivity index (χ2v) is 5.29. The molecule has 0 spiro atoms. The van der Waals surface area contributed by atoms with Crippen molar-refractivity contribution in [3.05, 3.63) is 78.3 Å².